The number of carbonyl (C=O) groups is 2. The summed E-state index contributed by atoms with van der Waals surface area (Å²) in [7, 11) is 0. The van der Waals surface area contributed by atoms with Crippen molar-refractivity contribution in [1.29, 1.82) is 0 Å². The zero-order valence-electron chi connectivity index (χ0n) is 9.93. The minimum atomic E-state index is -0.422. The van der Waals surface area contributed by atoms with E-state index in [0.717, 1.165) is 0 Å². The fourth-order valence-electron chi connectivity index (χ4n) is 1.17. The highest BCUT2D eigenvalue weighted by molar-refractivity contribution is 7.80. The molecule has 96 valence electrons. The number of nitrogens with one attached hydrogen (secondary N) is 2. The van der Waals surface area contributed by atoms with Gasteiger partial charge in [-0.1, -0.05) is 18.2 Å². The van der Waals surface area contributed by atoms with E-state index in [1.54, 1.807) is 31.2 Å². The van der Waals surface area contributed by atoms with Crippen LogP contribution in [0.25, 0.3) is 0 Å². The molecule has 0 saturated carbocycles. The van der Waals surface area contributed by atoms with Gasteiger partial charge < -0.3 is 10.1 Å². The number of hydrogen-bond acceptors (Lipinski definition) is 4. The number of rotatable bonds is 4. The van der Waals surface area contributed by atoms with E-state index in [2.05, 4.69) is 10.6 Å². The number of hydrogen-bond donors (Lipinski definition) is 2. The van der Waals surface area contributed by atoms with Crippen molar-refractivity contribution < 1.29 is 14.3 Å². The summed E-state index contributed by atoms with van der Waals surface area (Å²) < 4.78 is 4.71. The first-order valence-electron chi connectivity index (χ1n) is 5.43. The smallest absolute Gasteiger partial charge is 0.325 e. The standard InChI is InChI=1S/C12H14N2O3S/c1-2-17-10(15)8-13-12(18)14-11(16)9-6-4-3-5-7-9/h3-7H,2,8H2,1H3,(H2,13,14,16,18). The average Bonchev–Trinajstić information content (AvgIpc) is 2.38. The van der Waals surface area contributed by atoms with Crippen molar-refractivity contribution in [3.8, 4) is 0 Å². The van der Waals surface area contributed by atoms with Crippen LogP contribution in [0.1, 0.15) is 17.3 Å². The lowest BCUT2D eigenvalue weighted by molar-refractivity contribution is -0.141. The molecule has 0 aliphatic heterocycles. The molecule has 1 aromatic rings. The van der Waals surface area contributed by atoms with Crippen molar-refractivity contribution in [1.82, 2.24) is 10.6 Å². The molecule has 1 aromatic carbocycles. The number of benzene rings is 1. The fourth-order valence-corrected chi connectivity index (χ4v) is 1.34. The molecule has 0 aliphatic rings. The van der Waals surface area contributed by atoms with Gasteiger partial charge in [0.2, 0.25) is 0 Å². The van der Waals surface area contributed by atoms with Crippen molar-refractivity contribution in [2.45, 2.75) is 6.92 Å². The zero-order valence-corrected chi connectivity index (χ0v) is 10.8. The topological polar surface area (TPSA) is 67.4 Å². The second kappa shape index (κ2) is 7.39. The summed E-state index contributed by atoms with van der Waals surface area (Å²) in [6, 6.07) is 8.66. The van der Waals surface area contributed by atoms with Gasteiger partial charge in [0.1, 0.15) is 6.54 Å². The van der Waals surface area contributed by atoms with E-state index in [1.807, 2.05) is 6.07 Å². The summed E-state index contributed by atoms with van der Waals surface area (Å²) in [6.45, 7) is 1.96. The summed E-state index contributed by atoms with van der Waals surface area (Å²) in [4.78, 5) is 22.7. The van der Waals surface area contributed by atoms with E-state index in [9.17, 15) is 9.59 Å². The van der Waals surface area contributed by atoms with E-state index < -0.39 is 5.97 Å². The Morgan fingerprint density at radius 2 is 1.94 bits per heavy atom. The summed E-state index contributed by atoms with van der Waals surface area (Å²) in [6.07, 6.45) is 0. The van der Waals surface area contributed by atoms with Gasteiger partial charge in [0.05, 0.1) is 6.61 Å². The van der Waals surface area contributed by atoms with Crippen LogP contribution < -0.4 is 10.6 Å². The highest BCUT2D eigenvalue weighted by Crippen LogP contribution is 1.97. The maximum absolute atomic E-state index is 11.7. The lowest BCUT2D eigenvalue weighted by Gasteiger charge is -2.08. The third-order valence-corrected chi connectivity index (χ3v) is 2.21. The molecule has 0 atom stereocenters. The normalized spacial score (nSPS) is 9.39. The van der Waals surface area contributed by atoms with Gasteiger partial charge in [0.15, 0.2) is 5.11 Å². The first kappa shape index (κ1) is 14.1. The molecule has 5 nitrogen and oxygen atoms in total. The molecule has 0 fully saturated rings. The minimum Gasteiger partial charge on any atom is -0.465 e. The van der Waals surface area contributed by atoms with Gasteiger partial charge in [-0.05, 0) is 31.3 Å². The summed E-state index contributed by atoms with van der Waals surface area (Å²) >= 11 is 4.88. The Balaban J connectivity index is 2.37. The molecule has 0 radical (unpaired) electrons. The second-order valence-electron chi connectivity index (χ2n) is 3.31. The monoisotopic (exact) mass is 266 g/mol. The molecule has 0 unspecified atom stereocenters. The van der Waals surface area contributed by atoms with Crippen LogP contribution in [-0.2, 0) is 9.53 Å². The first-order valence-corrected chi connectivity index (χ1v) is 5.84. The molecule has 6 heteroatoms. The van der Waals surface area contributed by atoms with E-state index in [1.165, 1.54) is 0 Å². The maximum atomic E-state index is 11.7. The average molecular weight is 266 g/mol. The molecule has 0 saturated heterocycles. The van der Waals surface area contributed by atoms with Crippen LogP contribution in [0, 0.1) is 0 Å². The third kappa shape index (κ3) is 4.92. The van der Waals surface area contributed by atoms with Gasteiger partial charge in [0, 0.05) is 5.56 Å². The van der Waals surface area contributed by atoms with Gasteiger partial charge in [-0.25, -0.2) is 0 Å². The highest BCUT2D eigenvalue weighted by atomic mass is 32.1. The molecule has 0 aromatic heterocycles. The van der Waals surface area contributed by atoms with Crippen LogP contribution in [-0.4, -0.2) is 30.1 Å². The molecule has 18 heavy (non-hydrogen) atoms. The summed E-state index contributed by atoms with van der Waals surface area (Å²) in [5.74, 6) is -0.745. The largest absolute Gasteiger partial charge is 0.465 e. The molecular formula is C12H14N2O3S. The Morgan fingerprint density at radius 3 is 2.56 bits per heavy atom. The Bertz CT molecular complexity index is 434. The van der Waals surface area contributed by atoms with Gasteiger partial charge in [-0.3, -0.25) is 14.9 Å². The zero-order chi connectivity index (χ0) is 13.4. The lowest BCUT2D eigenvalue weighted by atomic mass is 10.2. The Kier molecular flexibility index (Phi) is 5.79. The number of thiocarbonyl (C=S) groups is 1. The fraction of sp³-hybridized carbons (Fsp3) is 0.250. The van der Waals surface area contributed by atoms with Crippen LogP contribution in [0.4, 0.5) is 0 Å². The van der Waals surface area contributed by atoms with Gasteiger partial charge in [-0.2, -0.15) is 0 Å². The van der Waals surface area contributed by atoms with Crippen molar-refractivity contribution in [2.75, 3.05) is 13.2 Å². The predicted octanol–water partition coefficient (Wildman–Crippen LogP) is 0.854. The van der Waals surface area contributed by atoms with Crippen molar-refractivity contribution in [3.63, 3.8) is 0 Å². The molecule has 0 spiro atoms. The van der Waals surface area contributed by atoms with Crippen molar-refractivity contribution >= 4 is 29.2 Å². The summed E-state index contributed by atoms with van der Waals surface area (Å²) in [5.41, 5.74) is 0.498. The quantitative estimate of drug-likeness (QED) is 0.625. The Labute approximate surface area is 111 Å². The van der Waals surface area contributed by atoms with E-state index >= 15 is 0 Å². The lowest BCUT2D eigenvalue weighted by Crippen LogP contribution is -2.41. The van der Waals surface area contributed by atoms with Crippen LogP contribution in [0.15, 0.2) is 30.3 Å². The van der Waals surface area contributed by atoms with Crippen LogP contribution >= 0.6 is 12.2 Å². The number of esters is 1. The van der Waals surface area contributed by atoms with Crippen molar-refractivity contribution in [2.24, 2.45) is 0 Å². The Hall–Kier alpha value is -1.95. The molecule has 1 rings (SSSR count). The third-order valence-electron chi connectivity index (χ3n) is 1.96. The van der Waals surface area contributed by atoms with E-state index in [-0.39, 0.29) is 17.6 Å². The Morgan fingerprint density at radius 1 is 1.28 bits per heavy atom. The van der Waals surface area contributed by atoms with Gasteiger partial charge in [-0.15, -0.1) is 0 Å². The van der Waals surface area contributed by atoms with E-state index in [0.29, 0.717) is 12.2 Å². The SMILES string of the molecule is CCOC(=O)CNC(=S)NC(=O)c1ccccc1. The number of ether oxygens (including phenoxy) is 1. The summed E-state index contributed by atoms with van der Waals surface area (Å²) in [5, 5.41) is 5.15. The second-order valence-corrected chi connectivity index (χ2v) is 3.72. The minimum absolute atomic E-state index is 0.0677. The van der Waals surface area contributed by atoms with Gasteiger partial charge >= 0.3 is 5.97 Å². The molecule has 0 aliphatic carbocycles. The van der Waals surface area contributed by atoms with Crippen LogP contribution in [0.3, 0.4) is 0 Å². The number of amides is 1. The molecule has 1 amide bonds. The van der Waals surface area contributed by atoms with Crippen molar-refractivity contribution in [3.05, 3.63) is 35.9 Å². The highest BCUT2D eigenvalue weighted by Gasteiger charge is 2.08. The van der Waals surface area contributed by atoms with E-state index in [4.69, 9.17) is 17.0 Å². The van der Waals surface area contributed by atoms with Crippen LogP contribution in [0.5, 0.6) is 0 Å². The predicted molar refractivity (Wildman–Crippen MR) is 71.1 cm³/mol. The number of carbonyl (C=O) groups excluding carboxylic acids is 2. The first-order chi connectivity index (χ1) is 8.63. The molecule has 0 heterocycles. The molecular weight excluding hydrogens is 252 g/mol. The van der Waals surface area contributed by atoms with Gasteiger partial charge in [0.25, 0.3) is 5.91 Å². The molecule has 0 bridgehead atoms. The molecule has 2 N–H and O–H groups in total. The maximum Gasteiger partial charge on any atom is 0.325 e. The van der Waals surface area contributed by atoms with Crippen LogP contribution in [0.2, 0.25) is 0 Å².